The third kappa shape index (κ3) is 4.34. The van der Waals surface area contributed by atoms with Crippen LogP contribution in [0.3, 0.4) is 0 Å². The van der Waals surface area contributed by atoms with Crippen LogP contribution in [0.1, 0.15) is 42.6 Å². The average molecular weight is 334 g/mol. The highest BCUT2D eigenvalue weighted by atomic mass is 32.2. The normalized spacial score (nSPS) is 14.4. The molecule has 0 atom stereocenters. The van der Waals surface area contributed by atoms with Crippen LogP contribution in [0.25, 0.3) is 0 Å². The second-order valence-corrected chi connectivity index (χ2v) is 6.45. The summed E-state index contributed by atoms with van der Waals surface area (Å²) in [6, 6.07) is 7.21. The molecule has 0 aliphatic carbocycles. The SMILES string of the molecule is CCCN(CCC)C(=O)c1cccc(CN2C(=O)CSC2=O)c1. The second kappa shape index (κ2) is 8.15. The summed E-state index contributed by atoms with van der Waals surface area (Å²) >= 11 is 1.02. The minimum absolute atomic E-state index is 0.00370. The molecule has 0 saturated carbocycles. The number of carbonyl (C=O) groups excluding carboxylic acids is 3. The Bertz CT molecular complexity index is 581. The van der Waals surface area contributed by atoms with E-state index in [0.29, 0.717) is 5.56 Å². The van der Waals surface area contributed by atoms with Gasteiger partial charge in [-0.25, -0.2) is 0 Å². The van der Waals surface area contributed by atoms with Crippen LogP contribution in [0.15, 0.2) is 24.3 Å². The fraction of sp³-hybridized carbons (Fsp3) is 0.471. The molecule has 0 unspecified atom stereocenters. The largest absolute Gasteiger partial charge is 0.339 e. The lowest BCUT2D eigenvalue weighted by Gasteiger charge is -2.22. The maximum absolute atomic E-state index is 12.6. The quantitative estimate of drug-likeness (QED) is 0.768. The molecule has 1 aromatic rings. The summed E-state index contributed by atoms with van der Waals surface area (Å²) in [7, 11) is 0. The number of imide groups is 1. The first-order valence-electron chi connectivity index (χ1n) is 7.92. The van der Waals surface area contributed by atoms with Crippen molar-refractivity contribution in [1.29, 1.82) is 0 Å². The maximum Gasteiger partial charge on any atom is 0.289 e. The standard InChI is InChI=1S/C17H22N2O3S/c1-3-8-18(9-4-2)16(21)14-7-5-6-13(10-14)11-19-15(20)12-23-17(19)22/h5-7,10H,3-4,8-9,11-12H2,1-2H3. The smallest absolute Gasteiger partial charge is 0.289 e. The van der Waals surface area contributed by atoms with Crippen LogP contribution in [-0.4, -0.2) is 45.7 Å². The summed E-state index contributed by atoms with van der Waals surface area (Å²) in [4.78, 5) is 39.1. The molecule has 2 rings (SSSR count). The molecule has 0 N–H and O–H groups in total. The molecular weight excluding hydrogens is 312 g/mol. The molecule has 23 heavy (non-hydrogen) atoms. The number of carbonyl (C=O) groups is 3. The van der Waals surface area contributed by atoms with Crippen LogP contribution in [-0.2, 0) is 11.3 Å². The van der Waals surface area contributed by atoms with E-state index in [1.54, 1.807) is 18.2 Å². The van der Waals surface area contributed by atoms with E-state index in [0.717, 1.165) is 43.3 Å². The monoisotopic (exact) mass is 334 g/mol. The van der Waals surface area contributed by atoms with Crippen LogP contribution in [0, 0.1) is 0 Å². The predicted molar refractivity (Wildman–Crippen MR) is 91.3 cm³/mol. The van der Waals surface area contributed by atoms with Crippen molar-refractivity contribution in [3.8, 4) is 0 Å². The number of benzene rings is 1. The van der Waals surface area contributed by atoms with E-state index in [9.17, 15) is 14.4 Å². The molecule has 0 spiro atoms. The van der Waals surface area contributed by atoms with Gasteiger partial charge >= 0.3 is 0 Å². The van der Waals surface area contributed by atoms with Gasteiger partial charge in [-0.2, -0.15) is 0 Å². The van der Waals surface area contributed by atoms with Gasteiger partial charge in [0.15, 0.2) is 0 Å². The second-order valence-electron chi connectivity index (χ2n) is 5.53. The third-order valence-corrected chi connectivity index (χ3v) is 4.49. The lowest BCUT2D eigenvalue weighted by Crippen LogP contribution is -2.32. The Labute approximate surface area is 141 Å². The highest BCUT2D eigenvalue weighted by molar-refractivity contribution is 8.14. The van der Waals surface area contributed by atoms with E-state index in [4.69, 9.17) is 0 Å². The molecule has 6 heteroatoms. The first kappa shape index (κ1) is 17.5. The molecule has 124 valence electrons. The minimum atomic E-state index is -0.217. The van der Waals surface area contributed by atoms with E-state index < -0.39 is 0 Å². The fourth-order valence-electron chi connectivity index (χ4n) is 2.56. The topological polar surface area (TPSA) is 57.7 Å². The molecule has 1 aliphatic heterocycles. The number of thioether (sulfide) groups is 1. The van der Waals surface area contributed by atoms with Crippen molar-refractivity contribution in [2.75, 3.05) is 18.8 Å². The van der Waals surface area contributed by atoms with Crippen molar-refractivity contribution in [3.05, 3.63) is 35.4 Å². The Morgan fingerprint density at radius 1 is 1.22 bits per heavy atom. The third-order valence-electron chi connectivity index (χ3n) is 3.63. The van der Waals surface area contributed by atoms with Gasteiger partial charge in [0.25, 0.3) is 11.1 Å². The maximum atomic E-state index is 12.6. The molecule has 1 aromatic carbocycles. The van der Waals surface area contributed by atoms with Crippen LogP contribution >= 0.6 is 11.8 Å². The van der Waals surface area contributed by atoms with Crippen molar-refractivity contribution in [2.24, 2.45) is 0 Å². The number of nitrogens with zero attached hydrogens (tertiary/aromatic N) is 2. The van der Waals surface area contributed by atoms with E-state index in [1.165, 1.54) is 4.90 Å². The summed E-state index contributed by atoms with van der Waals surface area (Å²) in [6.45, 7) is 5.80. The highest BCUT2D eigenvalue weighted by Gasteiger charge is 2.29. The molecule has 0 bridgehead atoms. The van der Waals surface area contributed by atoms with E-state index >= 15 is 0 Å². The Balaban J connectivity index is 2.13. The molecule has 1 fully saturated rings. The zero-order valence-electron chi connectivity index (χ0n) is 13.6. The van der Waals surface area contributed by atoms with Gasteiger partial charge in [-0.3, -0.25) is 19.3 Å². The molecule has 1 heterocycles. The fourth-order valence-corrected chi connectivity index (χ4v) is 3.28. The minimum Gasteiger partial charge on any atom is -0.339 e. The summed E-state index contributed by atoms with van der Waals surface area (Å²) in [5, 5.41) is -0.217. The van der Waals surface area contributed by atoms with Crippen molar-refractivity contribution >= 4 is 28.8 Å². The number of hydrogen-bond acceptors (Lipinski definition) is 4. The first-order chi connectivity index (χ1) is 11.1. The molecule has 0 radical (unpaired) electrons. The Kier molecular flexibility index (Phi) is 6.21. The van der Waals surface area contributed by atoms with E-state index in [-0.39, 0.29) is 29.4 Å². The van der Waals surface area contributed by atoms with Gasteiger partial charge in [0.2, 0.25) is 5.91 Å². The zero-order chi connectivity index (χ0) is 16.8. The van der Waals surface area contributed by atoms with Gasteiger partial charge in [0.1, 0.15) is 0 Å². The van der Waals surface area contributed by atoms with Gasteiger partial charge in [0.05, 0.1) is 12.3 Å². The summed E-state index contributed by atoms with van der Waals surface area (Å²) in [6.07, 6.45) is 1.83. The molecule has 1 aliphatic rings. The van der Waals surface area contributed by atoms with Crippen molar-refractivity contribution in [2.45, 2.75) is 33.2 Å². The van der Waals surface area contributed by atoms with Gasteiger partial charge in [-0.1, -0.05) is 37.7 Å². The molecule has 3 amide bonds. The van der Waals surface area contributed by atoms with Gasteiger partial charge in [-0.05, 0) is 30.5 Å². The lowest BCUT2D eigenvalue weighted by atomic mass is 10.1. The van der Waals surface area contributed by atoms with Crippen LogP contribution < -0.4 is 0 Å². The number of rotatable bonds is 7. The molecule has 1 saturated heterocycles. The van der Waals surface area contributed by atoms with Crippen molar-refractivity contribution in [3.63, 3.8) is 0 Å². The molecule has 0 aromatic heterocycles. The molecule has 5 nitrogen and oxygen atoms in total. The lowest BCUT2D eigenvalue weighted by molar-refractivity contribution is -0.125. The van der Waals surface area contributed by atoms with Crippen LogP contribution in [0.4, 0.5) is 4.79 Å². The van der Waals surface area contributed by atoms with E-state index in [2.05, 4.69) is 13.8 Å². The van der Waals surface area contributed by atoms with E-state index in [1.807, 2.05) is 11.0 Å². The summed E-state index contributed by atoms with van der Waals surface area (Å²) < 4.78 is 0. The first-order valence-corrected chi connectivity index (χ1v) is 8.90. The van der Waals surface area contributed by atoms with Crippen LogP contribution in [0.5, 0.6) is 0 Å². The summed E-state index contributed by atoms with van der Waals surface area (Å²) in [5.41, 5.74) is 1.41. The Morgan fingerprint density at radius 3 is 2.48 bits per heavy atom. The number of hydrogen-bond donors (Lipinski definition) is 0. The Hall–Kier alpha value is -1.82. The van der Waals surface area contributed by atoms with Crippen molar-refractivity contribution in [1.82, 2.24) is 9.80 Å². The number of amides is 3. The molecular formula is C17H22N2O3S. The van der Waals surface area contributed by atoms with Gasteiger partial charge in [-0.15, -0.1) is 0 Å². The van der Waals surface area contributed by atoms with Crippen LogP contribution in [0.2, 0.25) is 0 Å². The van der Waals surface area contributed by atoms with Crippen molar-refractivity contribution < 1.29 is 14.4 Å². The van der Waals surface area contributed by atoms with Gasteiger partial charge in [0, 0.05) is 18.7 Å². The average Bonchev–Trinajstić information content (AvgIpc) is 2.86. The highest BCUT2D eigenvalue weighted by Crippen LogP contribution is 2.21. The van der Waals surface area contributed by atoms with Gasteiger partial charge < -0.3 is 4.90 Å². The summed E-state index contributed by atoms with van der Waals surface area (Å²) in [5.74, 6) is 0.0393. The Morgan fingerprint density at radius 2 is 1.91 bits per heavy atom. The predicted octanol–water partition coefficient (Wildman–Crippen LogP) is 3.14. The zero-order valence-corrected chi connectivity index (χ0v) is 14.4.